The van der Waals surface area contributed by atoms with Gasteiger partial charge in [-0.2, -0.15) is 0 Å². The molecule has 0 bridgehead atoms. The van der Waals surface area contributed by atoms with Gasteiger partial charge >= 0.3 is 0 Å². The van der Waals surface area contributed by atoms with Crippen molar-refractivity contribution in [3.05, 3.63) is 23.8 Å². The highest BCUT2D eigenvalue weighted by molar-refractivity contribution is 5.77. The number of ether oxygens (including phenoxy) is 2. The van der Waals surface area contributed by atoms with E-state index in [2.05, 4.69) is 29.1 Å². The van der Waals surface area contributed by atoms with Crippen LogP contribution < -0.4 is 20.5 Å². The van der Waals surface area contributed by atoms with Gasteiger partial charge in [-0.05, 0) is 49.9 Å². The Kier molecular flexibility index (Phi) is 7.37. The van der Waals surface area contributed by atoms with Gasteiger partial charge in [-0.15, -0.1) is 0 Å². The number of hydrogen-bond donors (Lipinski definition) is 2. The number of nitrogens with zero attached hydrogens (tertiary/aromatic N) is 2. The van der Waals surface area contributed by atoms with Crippen LogP contribution in [0.1, 0.15) is 32.3 Å². The smallest absolute Gasteiger partial charge is 0.188 e. The molecule has 1 heterocycles. The van der Waals surface area contributed by atoms with Crippen LogP contribution in [0.15, 0.2) is 23.2 Å². The minimum atomic E-state index is 0.456. The molecule has 1 aromatic rings. The second-order valence-electron chi connectivity index (χ2n) is 6.86. The van der Waals surface area contributed by atoms with Crippen molar-refractivity contribution in [2.75, 3.05) is 33.9 Å². The number of aliphatic imine (C=N–C) groups is 1. The summed E-state index contributed by atoms with van der Waals surface area (Å²) in [5, 5.41) is 3.25. The highest BCUT2D eigenvalue weighted by Gasteiger charge is 2.20. The van der Waals surface area contributed by atoms with Crippen LogP contribution in [0.25, 0.3) is 0 Å². The molecule has 2 unspecified atom stereocenters. The van der Waals surface area contributed by atoms with Crippen molar-refractivity contribution in [2.24, 2.45) is 16.6 Å². The minimum absolute atomic E-state index is 0.456. The van der Waals surface area contributed by atoms with Gasteiger partial charge < -0.3 is 20.5 Å². The fraction of sp³-hybridized carbons (Fsp3) is 0.632. The van der Waals surface area contributed by atoms with Gasteiger partial charge in [0.25, 0.3) is 0 Å². The second-order valence-corrected chi connectivity index (χ2v) is 6.86. The van der Waals surface area contributed by atoms with Crippen molar-refractivity contribution < 1.29 is 9.47 Å². The van der Waals surface area contributed by atoms with Gasteiger partial charge in [-0.3, -0.25) is 4.90 Å². The lowest BCUT2D eigenvalue weighted by molar-refractivity contribution is 0.139. The van der Waals surface area contributed by atoms with Crippen molar-refractivity contribution in [3.8, 4) is 11.5 Å². The van der Waals surface area contributed by atoms with E-state index in [-0.39, 0.29) is 0 Å². The first-order valence-corrected chi connectivity index (χ1v) is 9.02. The molecular weight excluding hydrogens is 316 g/mol. The first kappa shape index (κ1) is 19.4. The zero-order valence-electron chi connectivity index (χ0n) is 15.9. The Morgan fingerprint density at radius 1 is 1.36 bits per heavy atom. The Balaban J connectivity index is 1.83. The number of hydrogen-bond acceptors (Lipinski definition) is 4. The van der Waals surface area contributed by atoms with Crippen LogP contribution in [0, 0.1) is 5.92 Å². The largest absolute Gasteiger partial charge is 0.493 e. The van der Waals surface area contributed by atoms with E-state index in [0.717, 1.165) is 18.0 Å². The molecule has 6 heteroatoms. The molecule has 3 N–H and O–H groups in total. The van der Waals surface area contributed by atoms with Gasteiger partial charge in [0.1, 0.15) is 0 Å². The van der Waals surface area contributed by atoms with Gasteiger partial charge in [-0.1, -0.05) is 13.0 Å². The van der Waals surface area contributed by atoms with Gasteiger partial charge in [0.15, 0.2) is 17.5 Å². The molecule has 1 saturated heterocycles. The molecule has 2 atom stereocenters. The number of methoxy groups -OCH3 is 2. The molecule has 25 heavy (non-hydrogen) atoms. The van der Waals surface area contributed by atoms with E-state index in [4.69, 9.17) is 15.2 Å². The van der Waals surface area contributed by atoms with Crippen LogP contribution in [-0.2, 0) is 6.54 Å². The standard InChI is InChI=1S/C19H32N4O2/c1-14-6-5-9-23(13-14)15(2)11-21-19(20)22-12-16-7-8-17(24-3)18(10-16)25-4/h7-8,10,14-15H,5-6,9,11-13H2,1-4H3,(H3,20,21,22). The van der Waals surface area contributed by atoms with Gasteiger partial charge in [0, 0.05) is 19.1 Å². The third-order valence-corrected chi connectivity index (χ3v) is 4.77. The predicted octanol–water partition coefficient (Wildman–Crippen LogP) is 2.23. The maximum atomic E-state index is 6.02. The summed E-state index contributed by atoms with van der Waals surface area (Å²) in [5.74, 6) is 2.68. The lowest BCUT2D eigenvalue weighted by Gasteiger charge is -2.35. The second kappa shape index (κ2) is 9.51. The summed E-state index contributed by atoms with van der Waals surface area (Å²) in [7, 11) is 3.26. The lowest BCUT2D eigenvalue weighted by Crippen LogP contribution is -2.47. The lowest BCUT2D eigenvalue weighted by atomic mass is 9.99. The van der Waals surface area contributed by atoms with Crippen molar-refractivity contribution in [2.45, 2.75) is 39.3 Å². The highest BCUT2D eigenvalue weighted by atomic mass is 16.5. The molecule has 1 aromatic carbocycles. The van der Waals surface area contributed by atoms with Crippen LogP contribution in [0.2, 0.25) is 0 Å². The Bertz CT molecular complexity index is 577. The number of benzene rings is 1. The monoisotopic (exact) mass is 348 g/mol. The maximum absolute atomic E-state index is 6.02. The van der Waals surface area contributed by atoms with Crippen LogP contribution in [0.4, 0.5) is 0 Å². The summed E-state index contributed by atoms with van der Waals surface area (Å²) in [4.78, 5) is 6.96. The highest BCUT2D eigenvalue weighted by Crippen LogP contribution is 2.27. The first-order valence-electron chi connectivity index (χ1n) is 9.02. The predicted molar refractivity (Wildman–Crippen MR) is 102 cm³/mol. The Hall–Kier alpha value is -1.95. The van der Waals surface area contributed by atoms with E-state index in [1.54, 1.807) is 14.2 Å². The Morgan fingerprint density at radius 3 is 2.80 bits per heavy atom. The summed E-state index contributed by atoms with van der Waals surface area (Å²) in [5.41, 5.74) is 7.05. The summed E-state index contributed by atoms with van der Waals surface area (Å²) in [6, 6.07) is 6.23. The van der Waals surface area contributed by atoms with Gasteiger partial charge in [-0.25, -0.2) is 4.99 Å². The van der Waals surface area contributed by atoms with E-state index in [1.807, 2.05) is 18.2 Å². The van der Waals surface area contributed by atoms with Crippen molar-refractivity contribution in [1.29, 1.82) is 0 Å². The average Bonchev–Trinajstić information content (AvgIpc) is 2.64. The molecule has 2 rings (SSSR count). The number of piperidine rings is 1. The minimum Gasteiger partial charge on any atom is -0.493 e. The molecule has 0 aliphatic carbocycles. The van der Waals surface area contributed by atoms with Crippen LogP contribution in [-0.4, -0.2) is 50.8 Å². The van der Waals surface area contributed by atoms with Gasteiger partial charge in [0.2, 0.25) is 0 Å². The molecule has 6 nitrogen and oxygen atoms in total. The molecule has 0 spiro atoms. The molecule has 1 aliphatic heterocycles. The Labute approximate surface area is 151 Å². The van der Waals surface area contributed by atoms with Crippen molar-refractivity contribution >= 4 is 5.96 Å². The average molecular weight is 348 g/mol. The molecule has 0 amide bonds. The fourth-order valence-electron chi connectivity index (χ4n) is 3.22. The quantitative estimate of drug-likeness (QED) is 0.584. The molecule has 0 radical (unpaired) electrons. The summed E-state index contributed by atoms with van der Waals surface area (Å²) in [6.07, 6.45) is 2.62. The first-order chi connectivity index (χ1) is 12.0. The van der Waals surface area contributed by atoms with Gasteiger partial charge in [0.05, 0.1) is 20.8 Å². The number of guanidine groups is 1. The normalized spacial score (nSPS) is 20.2. The fourth-order valence-corrected chi connectivity index (χ4v) is 3.22. The van der Waals surface area contributed by atoms with E-state index in [9.17, 15) is 0 Å². The van der Waals surface area contributed by atoms with Crippen LogP contribution in [0.5, 0.6) is 11.5 Å². The topological polar surface area (TPSA) is 72.1 Å². The maximum Gasteiger partial charge on any atom is 0.188 e. The summed E-state index contributed by atoms with van der Waals surface area (Å²) in [6.45, 7) is 8.24. The summed E-state index contributed by atoms with van der Waals surface area (Å²) < 4.78 is 10.6. The number of likely N-dealkylation sites (tertiary alicyclic amines) is 1. The van der Waals surface area contributed by atoms with Crippen LogP contribution in [0.3, 0.4) is 0 Å². The van der Waals surface area contributed by atoms with E-state index in [0.29, 0.717) is 30.0 Å². The number of rotatable bonds is 7. The van der Waals surface area contributed by atoms with Crippen molar-refractivity contribution in [1.82, 2.24) is 10.2 Å². The van der Waals surface area contributed by atoms with E-state index < -0.39 is 0 Å². The molecule has 140 valence electrons. The zero-order chi connectivity index (χ0) is 18.2. The molecular formula is C19H32N4O2. The zero-order valence-corrected chi connectivity index (χ0v) is 15.9. The van der Waals surface area contributed by atoms with Crippen molar-refractivity contribution in [3.63, 3.8) is 0 Å². The SMILES string of the molecule is COc1ccc(CN=C(N)NCC(C)N2CCCC(C)C2)cc1OC. The number of nitrogens with two attached hydrogens (primary N) is 1. The molecule has 1 fully saturated rings. The molecule has 1 aliphatic rings. The third kappa shape index (κ3) is 5.81. The Morgan fingerprint density at radius 2 is 2.12 bits per heavy atom. The van der Waals surface area contributed by atoms with Crippen LogP contribution >= 0.6 is 0 Å². The third-order valence-electron chi connectivity index (χ3n) is 4.77. The number of nitrogens with one attached hydrogen (secondary N) is 1. The summed E-state index contributed by atoms with van der Waals surface area (Å²) >= 11 is 0. The van der Waals surface area contributed by atoms with E-state index in [1.165, 1.54) is 25.9 Å². The molecule has 0 aromatic heterocycles. The molecule has 0 saturated carbocycles. The van der Waals surface area contributed by atoms with E-state index >= 15 is 0 Å².